The second kappa shape index (κ2) is 9.36. The smallest absolute Gasteiger partial charge is 0.269 e. The third kappa shape index (κ3) is 4.65. The zero-order valence-corrected chi connectivity index (χ0v) is 19.9. The Morgan fingerprint density at radius 2 is 1.82 bits per heavy atom. The summed E-state index contributed by atoms with van der Waals surface area (Å²) in [4.78, 5) is 28.9. The van der Waals surface area contributed by atoms with E-state index in [1.807, 2.05) is 48.7 Å². The van der Waals surface area contributed by atoms with Crippen molar-refractivity contribution < 1.29 is 22.7 Å². The Labute approximate surface area is 197 Å². The highest BCUT2D eigenvalue weighted by molar-refractivity contribution is 7.90. The Balaban J connectivity index is 1.59. The summed E-state index contributed by atoms with van der Waals surface area (Å²) >= 11 is 1.60. The van der Waals surface area contributed by atoms with E-state index in [1.54, 1.807) is 35.5 Å². The van der Waals surface area contributed by atoms with Crippen LogP contribution in [0.3, 0.4) is 0 Å². The van der Waals surface area contributed by atoms with Gasteiger partial charge in [-0.15, -0.1) is 11.3 Å². The van der Waals surface area contributed by atoms with Gasteiger partial charge in [0, 0.05) is 23.9 Å². The van der Waals surface area contributed by atoms with E-state index in [-0.39, 0.29) is 23.0 Å². The van der Waals surface area contributed by atoms with Crippen molar-refractivity contribution in [3.8, 4) is 5.75 Å². The van der Waals surface area contributed by atoms with Gasteiger partial charge in [0.15, 0.2) is 0 Å². The molecular formula is C24H24N2O5S2. The summed E-state index contributed by atoms with van der Waals surface area (Å²) in [7, 11) is -2.48. The minimum atomic E-state index is -4.06. The van der Waals surface area contributed by atoms with Gasteiger partial charge in [0.25, 0.3) is 15.9 Å². The predicted molar refractivity (Wildman–Crippen MR) is 126 cm³/mol. The Hall–Kier alpha value is -3.17. The summed E-state index contributed by atoms with van der Waals surface area (Å²) in [6, 6.07) is 17.1. The van der Waals surface area contributed by atoms with Crippen molar-refractivity contribution in [3.63, 3.8) is 0 Å². The topological polar surface area (TPSA) is 84.0 Å². The molecule has 1 atom stereocenters. The molecule has 0 saturated heterocycles. The molecule has 2 aromatic carbocycles. The van der Waals surface area contributed by atoms with E-state index in [2.05, 4.69) is 0 Å². The molecule has 0 bridgehead atoms. The van der Waals surface area contributed by atoms with Gasteiger partial charge >= 0.3 is 0 Å². The standard InChI is InChI=1S/C24H24N2O5S2/c1-17(14-20-6-5-13-32-20)25(15-18-9-11-19(31-2)12-10-18)23(27)16-26-24(28)21-7-3-4-8-22(21)33(26,29)30/h3-13,17H,14-16H2,1-2H3/t17-/m1/s1. The van der Waals surface area contributed by atoms with Crippen LogP contribution in [0.4, 0.5) is 0 Å². The average molecular weight is 485 g/mol. The van der Waals surface area contributed by atoms with Crippen molar-refractivity contribution in [2.45, 2.75) is 30.8 Å². The van der Waals surface area contributed by atoms with Crippen molar-refractivity contribution >= 4 is 33.2 Å². The maximum absolute atomic E-state index is 13.4. The van der Waals surface area contributed by atoms with Gasteiger partial charge in [-0.1, -0.05) is 30.3 Å². The Morgan fingerprint density at radius 3 is 2.45 bits per heavy atom. The molecule has 1 aliphatic rings. The van der Waals surface area contributed by atoms with Crippen molar-refractivity contribution in [1.82, 2.24) is 9.21 Å². The third-order valence-corrected chi connectivity index (χ3v) is 8.32. The van der Waals surface area contributed by atoms with Gasteiger partial charge < -0.3 is 9.64 Å². The van der Waals surface area contributed by atoms with E-state index in [1.165, 1.54) is 12.1 Å². The van der Waals surface area contributed by atoms with Crippen LogP contribution in [0.2, 0.25) is 0 Å². The largest absolute Gasteiger partial charge is 0.497 e. The molecule has 2 amide bonds. The minimum absolute atomic E-state index is 0.0591. The van der Waals surface area contributed by atoms with Crippen molar-refractivity contribution in [2.24, 2.45) is 0 Å². The van der Waals surface area contributed by atoms with Crippen LogP contribution in [0.25, 0.3) is 0 Å². The van der Waals surface area contributed by atoms with Crippen LogP contribution in [-0.4, -0.2) is 49.1 Å². The number of amides is 2. The molecule has 0 radical (unpaired) electrons. The summed E-state index contributed by atoms with van der Waals surface area (Å²) in [5.41, 5.74) is 0.972. The average Bonchev–Trinajstić information content (AvgIpc) is 3.39. The fourth-order valence-electron chi connectivity index (χ4n) is 3.85. The van der Waals surface area contributed by atoms with Crippen LogP contribution in [0, 0.1) is 0 Å². The normalized spacial score (nSPS) is 15.2. The molecule has 0 unspecified atom stereocenters. The number of ether oxygens (including phenoxy) is 1. The Kier molecular flexibility index (Phi) is 6.53. The minimum Gasteiger partial charge on any atom is -0.497 e. The van der Waals surface area contributed by atoms with Crippen LogP contribution >= 0.6 is 11.3 Å². The number of hydrogen-bond donors (Lipinski definition) is 0. The number of nitrogens with zero attached hydrogens (tertiary/aromatic N) is 2. The van der Waals surface area contributed by atoms with Gasteiger partial charge in [-0.2, -0.15) is 0 Å². The van der Waals surface area contributed by atoms with Crippen LogP contribution in [0.15, 0.2) is 70.9 Å². The first kappa shape index (κ1) is 23.0. The molecule has 33 heavy (non-hydrogen) atoms. The van der Waals surface area contributed by atoms with Gasteiger partial charge in [0.05, 0.1) is 12.7 Å². The predicted octanol–water partition coefficient (Wildman–Crippen LogP) is 3.56. The van der Waals surface area contributed by atoms with E-state index in [0.717, 1.165) is 10.4 Å². The van der Waals surface area contributed by atoms with Crippen LogP contribution < -0.4 is 4.74 Å². The molecule has 7 nitrogen and oxygen atoms in total. The number of carbonyl (C=O) groups is 2. The molecule has 0 fully saturated rings. The quantitative estimate of drug-likeness (QED) is 0.488. The van der Waals surface area contributed by atoms with E-state index in [0.29, 0.717) is 16.5 Å². The lowest BCUT2D eigenvalue weighted by Crippen LogP contribution is -2.46. The Bertz CT molecular complexity index is 1250. The lowest BCUT2D eigenvalue weighted by Gasteiger charge is -2.31. The SMILES string of the molecule is COc1ccc(CN(C(=O)CN2C(=O)c3ccccc3S2(=O)=O)[C@H](C)Cc2cccs2)cc1. The maximum atomic E-state index is 13.4. The molecule has 2 heterocycles. The molecule has 0 aliphatic carbocycles. The van der Waals surface area contributed by atoms with Crippen molar-refractivity contribution in [1.29, 1.82) is 0 Å². The number of sulfonamides is 1. The molecule has 9 heteroatoms. The fourth-order valence-corrected chi connectivity index (χ4v) is 6.19. The number of fused-ring (bicyclic) bond motifs is 1. The number of thiophene rings is 1. The van der Waals surface area contributed by atoms with Crippen LogP contribution in [0.5, 0.6) is 5.75 Å². The van der Waals surface area contributed by atoms with E-state index < -0.39 is 28.4 Å². The molecule has 172 valence electrons. The van der Waals surface area contributed by atoms with E-state index >= 15 is 0 Å². The van der Waals surface area contributed by atoms with Gasteiger partial charge in [-0.05, 0) is 48.2 Å². The third-order valence-electron chi connectivity index (χ3n) is 5.63. The van der Waals surface area contributed by atoms with E-state index in [4.69, 9.17) is 4.74 Å². The number of carbonyl (C=O) groups excluding carboxylic acids is 2. The number of methoxy groups -OCH3 is 1. The van der Waals surface area contributed by atoms with Gasteiger partial charge in [0.2, 0.25) is 5.91 Å². The summed E-state index contributed by atoms with van der Waals surface area (Å²) in [5, 5.41) is 1.98. The molecule has 0 saturated carbocycles. The summed E-state index contributed by atoms with van der Waals surface area (Å²) in [5.74, 6) is -0.399. The second-order valence-electron chi connectivity index (χ2n) is 7.82. The number of hydrogen-bond acceptors (Lipinski definition) is 6. The highest BCUT2D eigenvalue weighted by Gasteiger charge is 2.42. The van der Waals surface area contributed by atoms with Crippen molar-refractivity contribution in [2.75, 3.05) is 13.7 Å². The molecule has 1 aromatic heterocycles. The highest BCUT2D eigenvalue weighted by atomic mass is 32.2. The summed E-state index contributed by atoms with van der Waals surface area (Å²) < 4.78 is 31.7. The monoisotopic (exact) mass is 484 g/mol. The van der Waals surface area contributed by atoms with Crippen LogP contribution in [-0.2, 0) is 27.8 Å². The summed E-state index contributed by atoms with van der Waals surface area (Å²) in [6.07, 6.45) is 0.625. The first-order chi connectivity index (χ1) is 15.8. The lowest BCUT2D eigenvalue weighted by atomic mass is 10.1. The zero-order chi connectivity index (χ0) is 23.6. The first-order valence-electron chi connectivity index (χ1n) is 10.4. The van der Waals surface area contributed by atoms with Gasteiger partial charge in [0.1, 0.15) is 17.2 Å². The lowest BCUT2D eigenvalue weighted by molar-refractivity contribution is -0.133. The molecular weight excluding hydrogens is 460 g/mol. The maximum Gasteiger partial charge on any atom is 0.269 e. The zero-order valence-electron chi connectivity index (χ0n) is 18.3. The first-order valence-corrected chi connectivity index (χ1v) is 12.7. The summed E-state index contributed by atoms with van der Waals surface area (Å²) in [6.45, 7) is 1.67. The van der Waals surface area contributed by atoms with E-state index in [9.17, 15) is 18.0 Å². The highest BCUT2D eigenvalue weighted by Crippen LogP contribution is 2.30. The van der Waals surface area contributed by atoms with Crippen LogP contribution in [0.1, 0.15) is 27.7 Å². The molecule has 4 rings (SSSR count). The fraction of sp³-hybridized carbons (Fsp3) is 0.250. The van der Waals surface area contributed by atoms with Gasteiger partial charge in [-0.3, -0.25) is 9.59 Å². The van der Waals surface area contributed by atoms with Crippen molar-refractivity contribution in [3.05, 3.63) is 82.0 Å². The van der Waals surface area contributed by atoms with Gasteiger partial charge in [-0.25, -0.2) is 12.7 Å². The molecule has 3 aromatic rings. The molecule has 1 aliphatic heterocycles. The molecule has 0 spiro atoms. The number of benzene rings is 2. The number of rotatable bonds is 8. The Morgan fingerprint density at radius 1 is 1.09 bits per heavy atom. The second-order valence-corrected chi connectivity index (χ2v) is 10.7. The molecule has 0 N–H and O–H groups in total.